The zero-order valence-corrected chi connectivity index (χ0v) is 16.4. The van der Waals surface area contributed by atoms with E-state index in [1.807, 2.05) is 30.3 Å². The number of methoxy groups -OCH3 is 1. The number of esters is 1. The highest BCUT2D eigenvalue weighted by molar-refractivity contribution is 8.00. The van der Waals surface area contributed by atoms with Gasteiger partial charge in [-0.1, -0.05) is 53.7 Å². The number of carbonyl (C=O) groups is 1. The Morgan fingerprint density at radius 3 is 2.74 bits per heavy atom. The third-order valence-electron chi connectivity index (χ3n) is 3.71. The number of nitrogens with one attached hydrogen (secondary N) is 1. The van der Waals surface area contributed by atoms with E-state index in [0.29, 0.717) is 33.9 Å². The smallest absolute Gasteiger partial charge is 0.324 e. The largest absolute Gasteiger partial charge is 0.496 e. The van der Waals surface area contributed by atoms with Gasteiger partial charge in [-0.3, -0.25) is 9.89 Å². The highest BCUT2D eigenvalue weighted by Crippen LogP contribution is 2.36. The van der Waals surface area contributed by atoms with Crippen LogP contribution in [0.1, 0.15) is 17.7 Å². The zero-order chi connectivity index (χ0) is 19.2. The van der Waals surface area contributed by atoms with E-state index in [9.17, 15) is 4.79 Å². The first-order chi connectivity index (χ1) is 13.1. The molecule has 2 aromatic carbocycles. The molecule has 1 unspecified atom stereocenters. The Morgan fingerprint density at radius 1 is 1.26 bits per heavy atom. The van der Waals surface area contributed by atoms with Crippen LogP contribution in [0.3, 0.4) is 0 Å². The highest BCUT2D eigenvalue weighted by atomic mass is 35.5. The van der Waals surface area contributed by atoms with Gasteiger partial charge in [0.25, 0.3) is 0 Å². The molecule has 0 bridgehead atoms. The van der Waals surface area contributed by atoms with E-state index >= 15 is 0 Å². The van der Waals surface area contributed by atoms with E-state index in [1.54, 1.807) is 32.2 Å². The van der Waals surface area contributed by atoms with Crippen LogP contribution in [-0.2, 0) is 9.53 Å². The topological polar surface area (TPSA) is 77.1 Å². The maximum absolute atomic E-state index is 12.4. The van der Waals surface area contributed by atoms with Gasteiger partial charge in [0.2, 0.25) is 5.16 Å². The zero-order valence-electron chi connectivity index (χ0n) is 14.8. The average Bonchev–Trinajstić information content (AvgIpc) is 3.15. The van der Waals surface area contributed by atoms with Crippen LogP contribution >= 0.6 is 23.4 Å². The fourth-order valence-electron chi connectivity index (χ4n) is 2.49. The van der Waals surface area contributed by atoms with Gasteiger partial charge in [0, 0.05) is 5.02 Å². The molecule has 0 aliphatic carbocycles. The number of hydrogen-bond acceptors (Lipinski definition) is 6. The first-order valence-electron chi connectivity index (χ1n) is 8.27. The average molecular weight is 404 g/mol. The molecule has 0 amide bonds. The summed E-state index contributed by atoms with van der Waals surface area (Å²) in [6.07, 6.45) is 0. The molecular weight excluding hydrogens is 386 g/mol. The van der Waals surface area contributed by atoms with Gasteiger partial charge in [-0.05, 0) is 30.7 Å². The van der Waals surface area contributed by atoms with E-state index in [2.05, 4.69) is 15.2 Å². The minimum Gasteiger partial charge on any atom is -0.496 e. The number of H-pyrrole nitrogens is 1. The first kappa shape index (κ1) is 19.3. The van der Waals surface area contributed by atoms with Gasteiger partial charge in [0.1, 0.15) is 11.0 Å². The van der Waals surface area contributed by atoms with Gasteiger partial charge in [-0.25, -0.2) is 4.98 Å². The molecule has 6 nitrogen and oxygen atoms in total. The lowest BCUT2D eigenvalue weighted by atomic mass is 10.1. The van der Waals surface area contributed by atoms with Crippen molar-refractivity contribution in [2.24, 2.45) is 0 Å². The summed E-state index contributed by atoms with van der Waals surface area (Å²) in [5.74, 6) is 0.796. The molecular formula is C19H18ClN3O3S. The van der Waals surface area contributed by atoms with Crippen LogP contribution in [0.2, 0.25) is 5.02 Å². The Labute approximate surface area is 166 Å². The van der Waals surface area contributed by atoms with E-state index in [0.717, 1.165) is 5.56 Å². The lowest BCUT2D eigenvalue weighted by Crippen LogP contribution is -2.13. The Bertz CT molecular complexity index is 918. The Morgan fingerprint density at radius 2 is 2.04 bits per heavy atom. The molecule has 140 valence electrons. The van der Waals surface area contributed by atoms with E-state index in [-0.39, 0.29) is 5.97 Å². The minimum absolute atomic E-state index is 0.307. The van der Waals surface area contributed by atoms with E-state index in [1.165, 1.54) is 11.8 Å². The number of halogens is 1. The van der Waals surface area contributed by atoms with Crippen molar-refractivity contribution < 1.29 is 14.3 Å². The summed E-state index contributed by atoms with van der Waals surface area (Å²) in [7, 11) is 1.57. The summed E-state index contributed by atoms with van der Waals surface area (Å²) in [5.41, 5.74) is 1.52. The van der Waals surface area contributed by atoms with Crippen LogP contribution in [0.15, 0.2) is 53.7 Å². The molecule has 27 heavy (non-hydrogen) atoms. The van der Waals surface area contributed by atoms with Crippen LogP contribution in [0.25, 0.3) is 11.4 Å². The van der Waals surface area contributed by atoms with Crippen LogP contribution in [0, 0.1) is 0 Å². The second kappa shape index (κ2) is 8.92. The first-order valence-corrected chi connectivity index (χ1v) is 9.52. The van der Waals surface area contributed by atoms with Gasteiger partial charge in [-0.2, -0.15) is 0 Å². The fourth-order valence-corrected chi connectivity index (χ4v) is 3.57. The molecule has 0 aliphatic rings. The van der Waals surface area contributed by atoms with Crippen LogP contribution in [0.4, 0.5) is 0 Å². The predicted octanol–water partition coefficient (Wildman–Crippen LogP) is 4.53. The third kappa shape index (κ3) is 4.61. The maximum atomic E-state index is 12.4. The molecule has 1 atom stereocenters. The molecule has 3 rings (SSSR count). The Balaban J connectivity index is 1.89. The molecule has 0 fully saturated rings. The van der Waals surface area contributed by atoms with Crippen LogP contribution in [0.5, 0.6) is 5.75 Å². The summed E-state index contributed by atoms with van der Waals surface area (Å²) < 4.78 is 10.6. The summed E-state index contributed by atoms with van der Waals surface area (Å²) in [6.45, 7) is 2.09. The quantitative estimate of drug-likeness (QED) is 0.461. The monoisotopic (exact) mass is 403 g/mol. The molecule has 0 saturated carbocycles. The number of thioether (sulfide) groups is 1. The van der Waals surface area contributed by atoms with E-state index < -0.39 is 5.25 Å². The van der Waals surface area contributed by atoms with Crippen molar-refractivity contribution in [3.05, 3.63) is 59.1 Å². The summed E-state index contributed by atoms with van der Waals surface area (Å²) in [5, 5.41) is 7.53. The van der Waals surface area contributed by atoms with Crippen LogP contribution < -0.4 is 4.74 Å². The summed E-state index contributed by atoms with van der Waals surface area (Å²) in [6, 6.07) is 14.7. The SMILES string of the molecule is CCOC(=O)C(Sc1n[nH]c(-c2cc(Cl)ccc2OC)n1)c1ccccc1. The standard InChI is InChI=1S/C19H18ClN3O3S/c1-3-26-18(24)16(12-7-5-4-6-8-12)27-19-21-17(22-23-19)14-11-13(20)9-10-15(14)25-2/h4-11,16H,3H2,1-2H3,(H,21,22,23). The number of rotatable bonds is 7. The lowest BCUT2D eigenvalue weighted by molar-refractivity contribution is -0.142. The molecule has 3 aromatic rings. The molecule has 0 aliphatic heterocycles. The van der Waals surface area contributed by atoms with Gasteiger partial charge in [0.15, 0.2) is 5.82 Å². The number of aromatic nitrogens is 3. The number of benzene rings is 2. The van der Waals surface area contributed by atoms with Gasteiger partial charge in [0.05, 0.1) is 19.3 Å². The number of ether oxygens (including phenoxy) is 2. The summed E-state index contributed by atoms with van der Waals surface area (Å²) in [4.78, 5) is 16.9. The maximum Gasteiger partial charge on any atom is 0.324 e. The second-order valence-electron chi connectivity index (χ2n) is 5.47. The van der Waals surface area contributed by atoms with Crippen molar-refractivity contribution in [3.63, 3.8) is 0 Å². The van der Waals surface area contributed by atoms with Crippen molar-refractivity contribution in [1.82, 2.24) is 15.2 Å². The number of nitrogens with zero attached hydrogens (tertiary/aromatic N) is 2. The second-order valence-corrected chi connectivity index (χ2v) is 6.98. The van der Waals surface area contributed by atoms with Gasteiger partial charge < -0.3 is 9.47 Å². The number of hydrogen-bond donors (Lipinski definition) is 1. The fraction of sp³-hybridized carbons (Fsp3) is 0.211. The third-order valence-corrected chi connectivity index (χ3v) is 5.04. The molecule has 8 heteroatoms. The predicted molar refractivity (Wildman–Crippen MR) is 105 cm³/mol. The molecule has 0 radical (unpaired) electrons. The summed E-state index contributed by atoms with van der Waals surface area (Å²) >= 11 is 7.31. The minimum atomic E-state index is -0.559. The molecule has 0 spiro atoms. The Kier molecular flexibility index (Phi) is 6.36. The number of carbonyl (C=O) groups excluding carboxylic acids is 1. The van der Waals surface area contributed by atoms with Crippen molar-refractivity contribution in [3.8, 4) is 17.1 Å². The number of aromatic amines is 1. The van der Waals surface area contributed by atoms with Gasteiger partial charge in [-0.15, -0.1) is 5.10 Å². The Hall–Kier alpha value is -2.51. The van der Waals surface area contributed by atoms with Crippen molar-refractivity contribution in [2.75, 3.05) is 13.7 Å². The van der Waals surface area contributed by atoms with Crippen molar-refractivity contribution >= 4 is 29.3 Å². The van der Waals surface area contributed by atoms with Crippen LogP contribution in [-0.4, -0.2) is 34.9 Å². The molecule has 1 aromatic heterocycles. The molecule has 1 heterocycles. The van der Waals surface area contributed by atoms with Crippen molar-refractivity contribution in [2.45, 2.75) is 17.3 Å². The highest BCUT2D eigenvalue weighted by Gasteiger charge is 2.25. The van der Waals surface area contributed by atoms with Crippen molar-refractivity contribution in [1.29, 1.82) is 0 Å². The normalized spacial score (nSPS) is 11.8. The lowest BCUT2D eigenvalue weighted by Gasteiger charge is -2.13. The van der Waals surface area contributed by atoms with Gasteiger partial charge >= 0.3 is 5.97 Å². The van der Waals surface area contributed by atoms with E-state index in [4.69, 9.17) is 21.1 Å². The molecule has 1 N–H and O–H groups in total. The molecule has 0 saturated heterocycles.